The summed E-state index contributed by atoms with van der Waals surface area (Å²) in [7, 11) is 1.72. The van der Waals surface area contributed by atoms with Crippen LogP contribution in [0.1, 0.15) is 25.3 Å². The molecule has 94 valence electrons. The van der Waals surface area contributed by atoms with E-state index < -0.39 is 0 Å². The van der Waals surface area contributed by atoms with Crippen LogP contribution in [-0.2, 0) is 5.54 Å². The monoisotopic (exact) mass is 315 g/mol. The number of rotatable bonds is 3. The van der Waals surface area contributed by atoms with Gasteiger partial charge in [0.15, 0.2) is 0 Å². The number of hydrogen-bond donors (Lipinski definition) is 1. The Bertz CT molecular complexity index is 416. The second-order valence-corrected chi connectivity index (χ2v) is 6.26. The first kappa shape index (κ1) is 13.2. The predicted molar refractivity (Wildman–Crippen MR) is 77.1 cm³/mol. The summed E-state index contributed by atoms with van der Waals surface area (Å²) in [5.74, 6) is 0.933. The number of ether oxygens (including phenoxy) is 1. The van der Waals surface area contributed by atoms with Gasteiger partial charge in [0, 0.05) is 5.54 Å². The summed E-state index contributed by atoms with van der Waals surface area (Å²) in [6.07, 6.45) is 4.52. The molecule has 0 aromatic heterocycles. The molecular weight excluding hydrogens is 298 g/mol. The minimum Gasteiger partial charge on any atom is -0.494 e. The highest BCUT2D eigenvalue weighted by atomic mass is 79.9. The van der Waals surface area contributed by atoms with Crippen LogP contribution in [-0.4, -0.2) is 19.9 Å². The van der Waals surface area contributed by atoms with Crippen LogP contribution in [0.15, 0.2) is 21.5 Å². The topological polar surface area (TPSA) is 21.3 Å². The fourth-order valence-electron chi connectivity index (χ4n) is 2.38. The van der Waals surface area contributed by atoms with Gasteiger partial charge in [0.1, 0.15) is 5.75 Å². The first-order chi connectivity index (χ1) is 8.10. The normalized spacial score (nSPS) is 24.0. The first-order valence-corrected chi connectivity index (χ1v) is 7.79. The van der Waals surface area contributed by atoms with Gasteiger partial charge in [0.2, 0.25) is 0 Å². The zero-order valence-corrected chi connectivity index (χ0v) is 12.9. The van der Waals surface area contributed by atoms with Gasteiger partial charge < -0.3 is 10.1 Å². The van der Waals surface area contributed by atoms with Gasteiger partial charge in [-0.1, -0.05) is 0 Å². The first-order valence-electron chi connectivity index (χ1n) is 5.78. The standard InChI is InChI=1S/C13H18BrNOS/c1-13(5-4-6-15-13)9-7-10(14)12(16-2)11(8-9)17-3/h7-8,15H,4-6H2,1-3H3. The van der Waals surface area contributed by atoms with E-state index in [9.17, 15) is 0 Å². The second-order valence-electron chi connectivity index (χ2n) is 4.56. The number of benzene rings is 1. The zero-order valence-electron chi connectivity index (χ0n) is 10.5. The molecule has 2 rings (SSSR count). The van der Waals surface area contributed by atoms with Gasteiger partial charge in [-0.3, -0.25) is 0 Å². The fraction of sp³-hybridized carbons (Fsp3) is 0.538. The van der Waals surface area contributed by atoms with Crippen molar-refractivity contribution in [1.82, 2.24) is 5.32 Å². The van der Waals surface area contributed by atoms with E-state index in [4.69, 9.17) is 4.74 Å². The molecule has 0 spiro atoms. The molecule has 4 heteroatoms. The van der Waals surface area contributed by atoms with Crippen LogP contribution < -0.4 is 10.1 Å². The Labute approximate surface area is 116 Å². The van der Waals surface area contributed by atoms with E-state index in [0.717, 1.165) is 16.8 Å². The Morgan fingerprint density at radius 2 is 2.24 bits per heavy atom. The van der Waals surface area contributed by atoms with Crippen LogP contribution in [0.4, 0.5) is 0 Å². The van der Waals surface area contributed by atoms with Crippen molar-refractivity contribution >= 4 is 27.7 Å². The van der Waals surface area contributed by atoms with Crippen molar-refractivity contribution < 1.29 is 4.74 Å². The van der Waals surface area contributed by atoms with E-state index in [1.807, 2.05) is 0 Å². The average molecular weight is 316 g/mol. The van der Waals surface area contributed by atoms with Gasteiger partial charge in [-0.2, -0.15) is 0 Å². The Hall–Kier alpha value is -0.190. The van der Waals surface area contributed by atoms with E-state index in [-0.39, 0.29) is 5.54 Å². The molecule has 0 aliphatic carbocycles. The van der Waals surface area contributed by atoms with E-state index >= 15 is 0 Å². The molecule has 1 atom stereocenters. The Balaban J connectivity index is 2.46. The lowest BCUT2D eigenvalue weighted by Crippen LogP contribution is -2.33. The quantitative estimate of drug-likeness (QED) is 0.858. The van der Waals surface area contributed by atoms with E-state index in [0.29, 0.717) is 0 Å². The van der Waals surface area contributed by atoms with Crippen LogP contribution in [0.25, 0.3) is 0 Å². The summed E-state index contributed by atoms with van der Waals surface area (Å²) in [5.41, 5.74) is 1.45. The number of thioether (sulfide) groups is 1. The van der Waals surface area contributed by atoms with E-state index in [1.54, 1.807) is 18.9 Å². The number of hydrogen-bond acceptors (Lipinski definition) is 3. The summed E-state index contributed by atoms with van der Waals surface area (Å²) < 4.78 is 6.47. The van der Waals surface area contributed by atoms with Gasteiger partial charge in [-0.15, -0.1) is 11.8 Å². The summed E-state index contributed by atoms with van der Waals surface area (Å²) in [5, 5.41) is 3.59. The molecule has 1 aliphatic heterocycles. The maximum Gasteiger partial charge on any atom is 0.146 e. The number of nitrogens with one attached hydrogen (secondary N) is 1. The summed E-state index contributed by atoms with van der Waals surface area (Å²) in [6.45, 7) is 3.38. The van der Waals surface area contributed by atoms with Gasteiger partial charge in [-0.05, 0) is 66.2 Å². The zero-order chi connectivity index (χ0) is 12.5. The average Bonchev–Trinajstić information content (AvgIpc) is 2.76. The highest BCUT2D eigenvalue weighted by molar-refractivity contribution is 9.10. The Kier molecular flexibility index (Phi) is 4.06. The molecular formula is C13H18BrNOS. The lowest BCUT2D eigenvalue weighted by atomic mass is 9.90. The predicted octanol–water partition coefficient (Wildman–Crippen LogP) is 3.78. The van der Waals surface area contributed by atoms with E-state index in [2.05, 4.69) is 46.6 Å². The lowest BCUT2D eigenvalue weighted by Gasteiger charge is -2.26. The molecule has 1 heterocycles. The third kappa shape index (κ3) is 2.49. The minimum atomic E-state index is 0.110. The van der Waals surface area contributed by atoms with Crippen molar-refractivity contribution in [3.63, 3.8) is 0 Å². The molecule has 0 saturated carbocycles. The molecule has 2 nitrogen and oxygen atoms in total. The van der Waals surface area contributed by atoms with Gasteiger partial charge in [0.25, 0.3) is 0 Å². The smallest absolute Gasteiger partial charge is 0.146 e. The summed E-state index contributed by atoms with van der Waals surface area (Å²) >= 11 is 5.33. The molecule has 1 aliphatic rings. The number of methoxy groups -OCH3 is 1. The van der Waals surface area contributed by atoms with Crippen molar-refractivity contribution in [2.45, 2.75) is 30.2 Å². The van der Waals surface area contributed by atoms with Crippen LogP contribution in [0, 0.1) is 0 Å². The van der Waals surface area contributed by atoms with Crippen molar-refractivity contribution in [2.24, 2.45) is 0 Å². The van der Waals surface area contributed by atoms with Crippen molar-refractivity contribution in [2.75, 3.05) is 19.9 Å². The van der Waals surface area contributed by atoms with Crippen molar-refractivity contribution in [3.05, 3.63) is 22.2 Å². The summed E-state index contributed by atoms with van der Waals surface area (Å²) in [4.78, 5) is 1.19. The van der Waals surface area contributed by atoms with Crippen molar-refractivity contribution in [1.29, 1.82) is 0 Å². The minimum absolute atomic E-state index is 0.110. The number of halogens is 1. The maximum atomic E-state index is 5.43. The molecule has 17 heavy (non-hydrogen) atoms. The SMILES string of the molecule is COc1c(Br)cc(C2(C)CCCN2)cc1SC. The second kappa shape index (κ2) is 5.21. The molecule has 1 saturated heterocycles. The fourth-order valence-corrected chi connectivity index (χ4v) is 3.75. The lowest BCUT2D eigenvalue weighted by molar-refractivity contribution is 0.397. The molecule has 0 amide bonds. The molecule has 1 unspecified atom stereocenters. The third-order valence-electron chi connectivity index (χ3n) is 3.44. The van der Waals surface area contributed by atoms with Gasteiger partial charge in [0.05, 0.1) is 16.5 Å². The summed E-state index contributed by atoms with van der Waals surface area (Å²) in [6, 6.07) is 4.42. The van der Waals surface area contributed by atoms with Crippen LogP contribution in [0.3, 0.4) is 0 Å². The third-order valence-corrected chi connectivity index (χ3v) is 4.77. The Morgan fingerprint density at radius 1 is 1.47 bits per heavy atom. The van der Waals surface area contributed by atoms with Gasteiger partial charge >= 0.3 is 0 Å². The van der Waals surface area contributed by atoms with E-state index in [1.165, 1.54) is 23.3 Å². The molecule has 1 aromatic carbocycles. The molecule has 0 bridgehead atoms. The van der Waals surface area contributed by atoms with Crippen LogP contribution >= 0.6 is 27.7 Å². The molecule has 1 aromatic rings. The highest BCUT2D eigenvalue weighted by Gasteiger charge is 2.31. The Morgan fingerprint density at radius 3 is 2.76 bits per heavy atom. The largest absolute Gasteiger partial charge is 0.494 e. The van der Waals surface area contributed by atoms with Crippen LogP contribution in [0.2, 0.25) is 0 Å². The molecule has 0 radical (unpaired) electrons. The molecule has 1 N–H and O–H groups in total. The van der Waals surface area contributed by atoms with Crippen molar-refractivity contribution in [3.8, 4) is 5.75 Å². The van der Waals surface area contributed by atoms with Gasteiger partial charge in [-0.25, -0.2) is 0 Å². The molecule has 1 fully saturated rings. The maximum absolute atomic E-state index is 5.43. The highest BCUT2D eigenvalue weighted by Crippen LogP contribution is 2.40. The van der Waals surface area contributed by atoms with Crippen LogP contribution in [0.5, 0.6) is 5.75 Å².